The second-order valence-corrected chi connectivity index (χ2v) is 9.09. The van der Waals surface area contributed by atoms with Gasteiger partial charge < -0.3 is 24.8 Å². The van der Waals surface area contributed by atoms with Crippen LogP contribution < -0.4 is 0 Å². The molecule has 0 bridgehead atoms. The highest BCUT2D eigenvalue weighted by molar-refractivity contribution is 4.88. The van der Waals surface area contributed by atoms with Gasteiger partial charge in [0, 0.05) is 6.61 Å². The number of ether oxygens (including phenoxy) is 2. The van der Waals surface area contributed by atoms with Crippen LogP contribution >= 0.6 is 0 Å². The molecule has 0 aromatic carbocycles. The molecular weight excluding hydrogens is 392 g/mol. The number of allylic oxidation sites excluding steroid dienone is 2. The van der Waals surface area contributed by atoms with E-state index in [0.29, 0.717) is 6.61 Å². The average molecular weight is 443 g/mol. The van der Waals surface area contributed by atoms with E-state index in [4.69, 9.17) is 9.47 Å². The molecule has 3 N–H and O–H groups in total. The lowest BCUT2D eigenvalue weighted by atomic mass is 10.0. The number of hydrogen-bond acceptors (Lipinski definition) is 5. The van der Waals surface area contributed by atoms with E-state index < -0.39 is 24.4 Å². The smallest absolute Gasteiger partial charge is 0.114 e. The second kappa shape index (κ2) is 20.2. The number of aliphatic hydroxyl groups is 3. The summed E-state index contributed by atoms with van der Waals surface area (Å²) in [6.07, 6.45) is 22.4. The Morgan fingerprint density at radius 3 is 1.81 bits per heavy atom. The van der Waals surface area contributed by atoms with Crippen molar-refractivity contribution >= 4 is 0 Å². The highest BCUT2D eigenvalue weighted by atomic mass is 16.6. The van der Waals surface area contributed by atoms with Crippen LogP contribution in [0.25, 0.3) is 0 Å². The topological polar surface area (TPSA) is 79.2 Å². The summed E-state index contributed by atoms with van der Waals surface area (Å²) in [5.74, 6) is 0. The van der Waals surface area contributed by atoms with Crippen molar-refractivity contribution in [3.05, 3.63) is 12.2 Å². The van der Waals surface area contributed by atoms with Crippen LogP contribution in [0.2, 0.25) is 0 Å². The van der Waals surface area contributed by atoms with E-state index in [-0.39, 0.29) is 13.2 Å². The molecule has 0 spiro atoms. The lowest BCUT2D eigenvalue weighted by Gasteiger charge is -2.24. The summed E-state index contributed by atoms with van der Waals surface area (Å²) in [6, 6.07) is 0. The van der Waals surface area contributed by atoms with Crippen LogP contribution in [0.4, 0.5) is 0 Å². The Kier molecular flexibility index (Phi) is 18.6. The molecule has 1 aliphatic heterocycles. The van der Waals surface area contributed by atoms with Crippen LogP contribution in [0.15, 0.2) is 12.2 Å². The SMILES string of the molecule is CCCCCCCCCCCCCCC/C=C/CCCO[C@H](CO)[C@H]1OC[C@H](O)[C@H]1O. The fraction of sp³-hybridized carbons (Fsp3) is 0.923. The van der Waals surface area contributed by atoms with Gasteiger partial charge in [-0.05, 0) is 25.7 Å². The van der Waals surface area contributed by atoms with E-state index in [1.165, 1.54) is 83.5 Å². The standard InChI is InChI=1S/C26H50O5/c1-2-3-4-5-6-7-8-9-10-11-12-13-14-15-16-17-18-19-20-30-24(21-27)26-25(29)23(28)22-31-26/h16-17,23-29H,2-15,18-22H2,1H3/b17-16+/t23-,24+,25+,26+/m0/s1. The molecular formula is C26H50O5. The Balaban J connectivity index is 1.83. The third-order valence-corrected chi connectivity index (χ3v) is 6.22. The molecule has 5 heteroatoms. The lowest BCUT2D eigenvalue weighted by molar-refractivity contribution is -0.101. The quantitative estimate of drug-likeness (QED) is 0.166. The van der Waals surface area contributed by atoms with Crippen molar-refractivity contribution in [1.29, 1.82) is 0 Å². The molecule has 1 rings (SSSR count). The van der Waals surface area contributed by atoms with Crippen molar-refractivity contribution in [3.8, 4) is 0 Å². The van der Waals surface area contributed by atoms with E-state index >= 15 is 0 Å². The molecule has 4 atom stereocenters. The van der Waals surface area contributed by atoms with Crippen molar-refractivity contribution < 1.29 is 24.8 Å². The molecule has 0 amide bonds. The highest BCUT2D eigenvalue weighted by Crippen LogP contribution is 2.19. The van der Waals surface area contributed by atoms with Gasteiger partial charge in [-0.25, -0.2) is 0 Å². The summed E-state index contributed by atoms with van der Waals surface area (Å²) in [5.41, 5.74) is 0. The van der Waals surface area contributed by atoms with Gasteiger partial charge in [-0.2, -0.15) is 0 Å². The Bertz CT molecular complexity index is 415. The summed E-state index contributed by atoms with van der Waals surface area (Å²) in [6.45, 7) is 2.66. The van der Waals surface area contributed by atoms with Crippen LogP contribution in [-0.2, 0) is 9.47 Å². The zero-order valence-electron chi connectivity index (χ0n) is 20.1. The number of hydrogen-bond donors (Lipinski definition) is 3. The Labute approximate surface area is 191 Å². The zero-order chi connectivity index (χ0) is 22.6. The second-order valence-electron chi connectivity index (χ2n) is 9.09. The molecule has 5 nitrogen and oxygen atoms in total. The van der Waals surface area contributed by atoms with Crippen LogP contribution in [0, 0.1) is 0 Å². The fourth-order valence-electron chi connectivity index (χ4n) is 4.16. The first-order valence-corrected chi connectivity index (χ1v) is 13.1. The zero-order valence-corrected chi connectivity index (χ0v) is 20.1. The van der Waals surface area contributed by atoms with Crippen molar-refractivity contribution in [2.75, 3.05) is 19.8 Å². The largest absolute Gasteiger partial charge is 0.394 e. The minimum absolute atomic E-state index is 0.0909. The van der Waals surface area contributed by atoms with Gasteiger partial charge in [-0.3, -0.25) is 0 Å². The average Bonchev–Trinajstić information content (AvgIpc) is 3.11. The van der Waals surface area contributed by atoms with E-state index in [2.05, 4.69) is 19.1 Å². The van der Waals surface area contributed by atoms with Crippen LogP contribution in [0.3, 0.4) is 0 Å². The third-order valence-electron chi connectivity index (χ3n) is 6.22. The summed E-state index contributed by atoms with van der Waals surface area (Å²) >= 11 is 0. The maximum atomic E-state index is 9.84. The van der Waals surface area contributed by atoms with Gasteiger partial charge >= 0.3 is 0 Å². The van der Waals surface area contributed by atoms with Gasteiger partial charge in [-0.15, -0.1) is 0 Å². The summed E-state index contributed by atoms with van der Waals surface area (Å²) in [5, 5.41) is 28.8. The molecule has 0 radical (unpaired) electrons. The minimum atomic E-state index is -0.989. The fourth-order valence-corrected chi connectivity index (χ4v) is 4.16. The molecule has 1 aliphatic rings. The molecule has 1 fully saturated rings. The number of rotatable bonds is 21. The molecule has 0 aromatic heterocycles. The van der Waals surface area contributed by atoms with Crippen molar-refractivity contribution in [2.45, 2.75) is 134 Å². The molecule has 1 saturated heterocycles. The molecule has 0 aromatic rings. The van der Waals surface area contributed by atoms with Gasteiger partial charge in [0.1, 0.15) is 24.4 Å². The maximum Gasteiger partial charge on any atom is 0.114 e. The van der Waals surface area contributed by atoms with E-state index in [1.807, 2.05) is 0 Å². The Hall–Kier alpha value is -0.460. The molecule has 0 aliphatic carbocycles. The summed E-state index contributed by atoms with van der Waals surface area (Å²) < 4.78 is 11.0. The first-order chi connectivity index (χ1) is 15.2. The van der Waals surface area contributed by atoms with Crippen molar-refractivity contribution in [3.63, 3.8) is 0 Å². The molecule has 31 heavy (non-hydrogen) atoms. The first-order valence-electron chi connectivity index (χ1n) is 13.1. The van der Waals surface area contributed by atoms with Crippen molar-refractivity contribution in [2.24, 2.45) is 0 Å². The summed E-state index contributed by atoms with van der Waals surface area (Å²) in [7, 11) is 0. The molecule has 184 valence electrons. The Morgan fingerprint density at radius 1 is 0.806 bits per heavy atom. The number of aliphatic hydroxyl groups excluding tert-OH is 3. The van der Waals surface area contributed by atoms with Gasteiger partial charge in [0.2, 0.25) is 0 Å². The van der Waals surface area contributed by atoms with Gasteiger partial charge in [0.15, 0.2) is 0 Å². The van der Waals surface area contributed by atoms with E-state index in [0.717, 1.165) is 19.3 Å². The van der Waals surface area contributed by atoms with Gasteiger partial charge in [0.25, 0.3) is 0 Å². The minimum Gasteiger partial charge on any atom is -0.394 e. The van der Waals surface area contributed by atoms with Crippen LogP contribution in [0.1, 0.15) is 110 Å². The highest BCUT2D eigenvalue weighted by Gasteiger charge is 2.40. The normalized spacial score (nSPS) is 22.5. The Morgan fingerprint density at radius 2 is 1.32 bits per heavy atom. The monoisotopic (exact) mass is 442 g/mol. The molecule has 0 saturated carbocycles. The first kappa shape index (κ1) is 28.6. The summed E-state index contributed by atoms with van der Waals surface area (Å²) in [4.78, 5) is 0. The predicted octanol–water partition coefficient (Wildman–Crippen LogP) is 5.30. The third kappa shape index (κ3) is 14.3. The van der Waals surface area contributed by atoms with Crippen LogP contribution in [0.5, 0.6) is 0 Å². The maximum absolute atomic E-state index is 9.84. The van der Waals surface area contributed by atoms with Crippen molar-refractivity contribution in [1.82, 2.24) is 0 Å². The molecule has 0 unspecified atom stereocenters. The lowest BCUT2D eigenvalue weighted by Crippen LogP contribution is -2.42. The number of unbranched alkanes of at least 4 members (excludes halogenated alkanes) is 14. The van der Waals surface area contributed by atoms with E-state index in [9.17, 15) is 15.3 Å². The van der Waals surface area contributed by atoms with E-state index in [1.54, 1.807) is 0 Å². The van der Waals surface area contributed by atoms with Crippen LogP contribution in [-0.4, -0.2) is 59.6 Å². The predicted molar refractivity (Wildman–Crippen MR) is 127 cm³/mol. The van der Waals surface area contributed by atoms with Gasteiger partial charge in [-0.1, -0.05) is 96.1 Å². The van der Waals surface area contributed by atoms with Gasteiger partial charge in [0.05, 0.1) is 13.2 Å². The molecule has 1 heterocycles.